The number of piperazine rings is 1. The van der Waals surface area contributed by atoms with Gasteiger partial charge in [0.1, 0.15) is 0 Å². The summed E-state index contributed by atoms with van der Waals surface area (Å²) in [4.78, 5) is 38.5. The molecule has 2 fully saturated rings. The molecular weight excluding hydrogens is 435 g/mol. The molecule has 1 aromatic rings. The number of aromatic carboxylic acids is 1. The molecule has 9 nitrogen and oxygen atoms in total. The third kappa shape index (κ3) is 8.44. The molecule has 1 aromatic carbocycles. The summed E-state index contributed by atoms with van der Waals surface area (Å²) in [7, 11) is 0. The van der Waals surface area contributed by atoms with Crippen LogP contribution in [0.5, 0.6) is 0 Å². The van der Waals surface area contributed by atoms with Gasteiger partial charge in [0.2, 0.25) is 5.91 Å². The van der Waals surface area contributed by atoms with Crippen LogP contribution in [-0.4, -0.2) is 108 Å². The zero-order valence-electron chi connectivity index (χ0n) is 17.4. The molecule has 2 saturated heterocycles. The maximum atomic E-state index is 12.3. The van der Waals surface area contributed by atoms with Gasteiger partial charge < -0.3 is 19.8 Å². The predicted molar refractivity (Wildman–Crippen MR) is 106 cm³/mol. The van der Waals surface area contributed by atoms with Crippen LogP contribution in [0.25, 0.3) is 0 Å². The number of benzene rings is 1. The molecule has 0 aromatic heterocycles. The van der Waals surface area contributed by atoms with E-state index in [2.05, 4.69) is 9.80 Å². The topological polar surface area (TPSA) is 111 Å². The van der Waals surface area contributed by atoms with Crippen molar-refractivity contribution in [2.24, 2.45) is 0 Å². The molecule has 0 radical (unpaired) electrons. The maximum Gasteiger partial charge on any atom is 0.490 e. The molecule has 0 atom stereocenters. The Morgan fingerprint density at radius 2 is 1.38 bits per heavy atom. The highest BCUT2D eigenvalue weighted by molar-refractivity contribution is 5.87. The van der Waals surface area contributed by atoms with Gasteiger partial charge in [0, 0.05) is 45.8 Å². The fourth-order valence-electron chi connectivity index (χ4n) is 3.22. The number of halogens is 3. The normalized spacial score (nSPS) is 17.9. The fraction of sp³-hybridized carbons (Fsp3) is 0.550. The highest BCUT2D eigenvalue weighted by Crippen LogP contribution is 2.13. The van der Waals surface area contributed by atoms with Crippen LogP contribution in [0, 0.1) is 0 Å². The number of carbonyl (C=O) groups excluding carboxylic acids is 1. The average molecular weight is 461 g/mol. The molecular formula is C20H26F3N3O6. The van der Waals surface area contributed by atoms with Crippen LogP contribution in [0.1, 0.15) is 15.9 Å². The molecule has 12 heteroatoms. The number of rotatable bonds is 5. The molecule has 2 aliphatic rings. The summed E-state index contributed by atoms with van der Waals surface area (Å²) in [6.45, 7) is 7.56. The molecule has 2 heterocycles. The van der Waals surface area contributed by atoms with Crippen molar-refractivity contribution in [1.29, 1.82) is 0 Å². The molecule has 0 bridgehead atoms. The largest absolute Gasteiger partial charge is 0.490 e. The minimum Gasteiger partial charge on any atom is -0.478 e. The van der Waals surface area contributed by atoms with Gasteiger partial charge in [-0.1, -0.05) is 12.1 Å². The number of nitrogens with zero attached hydrogens (tertiary/aromatic N) is 3. The summed E-state index contributed by atoms with van der Waals surface area (Å²) in [5.74, 6) is -3.46. The third-order valence-corrected chi connectivity index (χ3v) is 5.04. The van der Waals surface area contributed by atoms with E-state index in [9.17, 15) is 22.8 Å². The van der Waals surface area contributed by atoms with Gasteiger partial charge >= 0.3 is 18.1 Å². The predicted octanol–water partition coefficient (Wildman–Crippen LogP) is 0.995. The van der Waals surface area contributed by atoms with Crippen LogP contribution in [0.2, 0.25) is 0 Å². The van der Waals surface area contributed by atoms with Gasteiger partial charge in [-0.25, -0.2) is 9.59 Å². The Kier molecular flexibility index (Phi) is 9.42. The van der Waals surface area contributed by atoms with E-state index in [1.165, 1.54) is 0 Å². The third-order valence-electron chi connectivity index (χ3n) is 5.04. The lowest BCUT2D eigenvalue weighted by Crippen LogP contribution is -2.51. The second kappa shape index (κ2) is 11.8. The first-order valence-corrected chi connectivity index (χ1v) is 9.99. The van der Waals surface area contributed by atoms with E-state index >= 15 is 0 Å². The van der Waals surface area contributed by atoms with Gasteiger partial charge in [-0.2, -0.15) is 13.2 Å². The second-order valence-electron chi connectivity index (χ2n) is 7.35. The molecule has 178 valence electrons. The van der Waals surface area contributed by atoms with Gasteiger partial charge in [0.15, 0.2) is 0 Å². The van der Waals surface area contributed by atoms with Crippen molar-refractivity contribution in [2.75, 3.05) is 59.0 Å². The Hall–Kier alpha value is -2.70. The summed E-state index contributed by atoms with van der Waals surface area (Å²) in [6, 6.07) is 7.04. The Labute approximate surface area is 182 Å². The van der Waals surface area contributed by atoms with Gasteiger partial charge in [-0.05, 0) is 17.7 Å². The molecule has 1 amide bonds. The zero-order valence-corrected chi connectivity index (χ0v) is 17.4. The van der Waals surface area contributed by atoms with E-state index in [4.69, 9.17) is 19.7 Å². The lowest BCUT2D eigenvalue weighted by atomic mass is 10.1. The number of hydrogen-bond donors (Lipinski definition) is 2. The van der Waals surface area contributed by atoms with Gasteiger partial charge in [-0.3, -0.25) is 14.6 Å². The standard InChI is InChI=1S/C18H25N3O4.C2HF3O2/c22-17(21-9-11-25-12-10-21)14-20-7-5-19(6-8-20)13-15-1-3-16(4-2-15)18(23)24;3-2(4,5)1(6)7/h1-4H,5-14H2,(H,23,24);(H,6,7). The van der Waals surface area contributed by atoms with Crippen molar-refractivity contribution in [2.45, 2.75) is 12.7 Å². The van der Waals surface area contributed by atoms with Crippen molar-refractivity contribution in [3.05, 3.63) is 35.4 Å². The number of amides is 1. The van der Waals surface area contributed by atoms with Crippen molar-refractivity contribution >= 4 is 17.8 Å². The first kappa shape index (κ1) is 25.6. The van der Waals surface area contributed by atoms with Crippen LogP contribution < -0.4 is 0 Å². The lowest BCUT2D eigenvalue weighted by Gasteiger charge is -2.36. The Bertz CT molecular complexity index is 774. The lowest BCUT2D eigenvalue weighted by molar-refractivity contribution is -0.192. The number of carboxylic acids is 2. The highest BCUT2D eigenvalue weighted by Gasteiger charge is 2.38. The number of hydrogen-bond acceptors (Lipinski definition) is 6. The molecule has 3 rings (SSSR count). The molecule has 32 heavy (non-hydrogen) atoms. The van der Waals surface area contributed by atoms with Gasteiger partial charge in [0.05, 0.1) is 25.3 Å². The Morgan fingerprint density at radius 1 is 0.875 bits per heavy atom. The van der Waals surface area contributed by atoms with Crippen LogP contribution in [0.4, 0.5) is 13.2 Å². The quantitative estimate of drug-likeness (QED) is 0.668. The second-order valence-corrected chi connectivity index (χ2v) is 7.35. The number of ether oxygens (including phenoxy) is 1. The summed E-state index contributed by atoms with van der Waals surface area (Å²) in [6.07, 6.45) is -5.08. The molecule has 0 spiro atoms. The zero-order chi connectivity index (χ0) is 23.7. The van der Waals surface area contributed by atoms with E-state index in [0.29, 0.717) is 38.4 Å². The summed E-state index contributed by atoms with van der Waals surface area (Å²) < 4.78 is 37.0. The van der Waals surface area contributed by atoms with Gasteiger partial charge in [-0.15, -0.1) is 0 Å². The first-order valence-electron chi connectivity index (χ1n) is 9.99. The Morgan fingerprint density at radius 3 is 1.84 bits per heavy atom. The highest BCUT2D eigenvalue weighted by atomic mass is 19.4. The van der Waals surface area contributed by atoms with Crippen LogP contribution in [0.15, 0.2) is 24.3 Å². The van der Waals surface area contributed by atoms with E-state index in [-0.39, 0.29) is 5.91 Å². The maximum absolute atomic E-state index is 12.3. The number of morpholine rings is 1. The van der Waals surface area contributed by atoms with Crippen molar-refractivity contribution in [1.82, 2.24) is 14.7 Å². The molecule has 2 aliphatic heterocycles. The molecule has 0 unspecified atom stereocenters. The SMILES string of the molecule is O=C(O)C(F)(F)F.O=C(O)c1ccc(CN2CCN(CC(=O)N3CCOCC3)CC2)cc1. The van der Waals surface area contributed by atoms with Crippen LogP contribution >= 0.6 is 0 Å². The molecule has 0 aliphatic carbocycles. The minimum absolute atomic E-state index is 0.195. The Balaban J connectivity index is 0.000000451. The van der Waals surface area contributed by atoms with E-state index < -0.39 is 18.1 Å². The number of alkyl halides is 3. The van der Waals surface area contributed by atoms with Gasteiger partial charge in [0.25, 0.3) is 0 Å². The summed E-state index contributed by atoms with van der Waals surface area (Å²) in [5, 5.41) is 16.1. The van der Waals surface area contributed by atoms with Crippen LogP contribution in [0.3, 0.4) is 0 Å². The smallest absolute Gasteiger partial charge is 0.478 e. The summed E-state index contributed by atoms with van der Waals surface area (Å²) in [5.41, 5.74) is 1.43. The summed E-state index contributed by atoms with van der Waals surface area (Å²) >= 11 is 0. The fourth-order valence-corrected chi connectivity index (χ4v) is 3.22. The first-order chi connectivity index (χ1) is 15.1. The van der Waals surface area contributed by atoms with E-state index in [1.807, 2.05) is 17.0 Å². The number of carboxylic acid groups (broad SMARTS) is 2. The molecule has 0 saturated carbocycles. The van der Waals surface area contributed by atoms with Crippen molar-refractivity contribution in [3.8, 4) is 0 Å². The molecule has 2 N–H and O–H groups in total. The van der Waals surface area contributed by atoms with Crippen molar-refractivity contribution in [3.63, 3.8) is 0 Å². The van der Waals surface area contributed by atoms with Crippen LogP contribution in [-0.2, 0) is 20.9 Å². The number of carbonyl (C=O) groups is 3. The minimum atomic E-state index is -5.08. The van der Waals surface area contributed by atoms with E-state index in [1.54, 1.807) is 12.1 Å². The van der Waals surface area contributed by atoms with E-state index in [0.717, 1.165) is 38.3 Å². The number of aliphatic carboxylic acids is 1. The monoisotopic (exact) mass is 461 g/mol. The van der Waals surface area contributed by atoms with Crippen molar-refractivity contribution < 1.29 is 42.5 Å². The average Bonchev–Trinajstić information content (AvgIpc) is 2.76.